The topological polar surface area (TPSA) is 73.9 Å². The van der Waals surface area contributed by atoms with Gasteiger partial charge in [0.25, 0.3) is 0 Å². The fourth-order valence-corrected chi connectivity index (χ4v) is 1.14. The Morgan fingerprint density at radius 2 is 2.19 bits per heavy atom. The average molecular weight is 229 g/mol. The maximum Gasteiger partial charge on any atom is 0.377 e. The molecule has 0 aromatic heterocycles. The number of amides is 1. The number of nitrogens with one attached hydrogen (secondary N) is 1. The maximum atomic E-state index is 11.3. The van der Waals surface area contributed by atoms with Crippen molar-refractivity contribution in [3.8, 4) is 0 Å². The summed E-state index contributed by atoms with van der Waals surface area (Å²) in [5.74, 6) is -2.14. The molecule has 1 rings (SSSR count). The zero-order valence-electron chi connectivity index (χ0n) is 9.53. The summed E-state index contributed by atoms with van der Waals surface area (Å²) in [7, 11) is 1.53. The number of methoxy groups -OCH3 is 1. The van der Waals surface area contributed by atoms with Crippen LogP contribution in [0.2, 0.25) is 0 Å². The average Bonchev–Trinajstić information content (AvgIpc) is 2.40. The lowest BCUT2D eigenvalue weighted by Crippen LogP contribution is -2.25. The molecule has 0 saturated carbocycles. The molecule has 0 atom stereocenters. The first-order valence-corrected chi connectivity index (χ1v) is 4.85. The van der Waals surface area contributed by atoms with Crippen LogP contribution in [0.25, 0.3) is 0 Å². The number of carbonyl (C=O) groups excluding carboxylic acids is 2. The van der Waals surface area contributed by atoms with Crippen LogP contribution in [-0.4, -0.2) is 37.9 Å². The molecular formula is C10H15NO5. The third-order valence-corrected chi connectivity index (χ3v) is 1.76. The smallest absolute Gasteiger partial charge is 0.377 e. The number of rotatable bonds is 4. The second-order valence-corrected chi connectivity index (χ2v) is 3.68. The highest BCUT2D eigenvalue weighted by molar-refractivity contribution is 5.97. The van der Waals surface area contributed by atoms with E-state index < -0.39 is 17.7 Å². The minimum atomic E-state index is -1.00. The Balaban J connectivity index is 2.51. The van der Waals surface area contributed by atoms with Gasteiger partial charge in [-0.15, -0.1) is 0 Å². The number of esters is 1. The van der Waals surface area contributed by atoms with Crippen LogP contribution in [0.5, 0.6) is 0 Å². The zero-order chi connectivity index (χ0) is 12.2. The van der Waals surface area contributed by atoms with Gasteiger partial charge in [-0.25, -0.2) is 4.79 Å². The van der Waals surface area contributed by atoms with Crippen molar-refractivity contribution in [1.29, 1.82) is 0 Å². The Labute approximate surface area is 93.5 Å². The first kappa shape index (κ1) is 12.5. The van der Waals surface area contributed by atoms with Crippen molar-refractivity contribution in [2.24, 2.45) is 0 Å². The molecule has 0 unspecified atom stereocenters. The lowest BCUT2D eigenvalue weighted by atomic mass is 10.4. The molecule has 16 heavy (non-hydrogen) atoms. The van der Waals surface area contributed by atoms with Gasteiger partial charge in [0.2, 0.25) is 17.5 Å². The summed E-state index contributed by atoms with van der Waals surface area (Å²) in [4.78, 5) is 22.5. The van der Waals surface area contributed by atoms with E-state index in [-0.39, 0.29) is 5.76 Å². The van der Waals surface area contributed by atoms with E-state index >= 15 is 0 Å². The van der Waals surface area contributed by atoms with Crippen LogP contribution < -0.4 is 5.32 Å². The van der Waals surface area contributed by atoms with Gasteiger partial charge >= 0.3 is 5.97 Å². The van der Waals surface area contributed by atoms with E-state index in [4.69, 9.17) is 14.2 Å². The summed E-state index contributed by atoms with van der Waals surface area (Å²) < 4.78 is 14.7. The van der Waals surface area contributed by atoms with Gasteiger partial charge in [-0.2, -0.15) is 0 Å². The lowest BCUT2D eigenvalue weighted by molar-refractivity contribution is -0.159. The fraction of sp³-hybridized carbons (Fsp3) is 0.600. The lowest BCUT2D eigenvalue weighted by Gasteiger charge is -2.13. The normalized spacial score (nSPS) is 20.4. The van der Waals surface area contributed by atoms with Crippen LogP contribution in [0, 0.1) is 0 Å². The van der Waals surface area contributed by atoms with Crippen LogP contribution in [0.3, 0.4) is 0 Å². The molecule has 6 heteroatoms. The molecule has 0 aromatic rings. The maximum absolute atomic E-state index is 11.3. The molecule has 1 saturated heterocycles. The van der Waals surface area contributed by atoms with Crippen molar-refractivity contribution in [3.63, 3.8) is 0 Å². The summed E-state index contributed by atoms with van der Waals surface area (Å²) in [5.41, 5.74) is 0. The van der Waals surface area contributed by atoms with Crippen molar-refractivity contribution < 1.29 is 23.8 Å². The Bertz CT molecular complexity index is 321. The standard InChI is InChI=1S/C10H15NO5/c1-10(2)15-7(9(13)16-10)6-8(12)11-4-5-14-3/h6H,4-5H2,1-3H3,(H,11,12)/b7-6-. The minimum absolute atomic E-state index is 0.0834. The van der Waals surface area contributed by atoms with Crippen molar-refractivity contribution in [1.82, 2.24) is 5.32 Å². The first-order chi connectivity index (χ1) is 7.44. The van der Waals surface area contributed by atoms with Gasteiger partial charge in [0.05, 0.1) is 12.7 Å². The highest BCUT2D eigenvalue weighted by atomic mass is 16.8. The first-order valence-electron chi connectivity index (χ1n) is 4.85. The molecule has 1 aliphatic heterocycles. The van der Waals surface area contributed by atoms with E-state index in [1.165, 1.54) is 7.11 Å². The number of cyclic esters (lactones) is 1. The van der Waals surface area contributed by atoms with Crippen molar-refractivity contribution in [2.75, 3.05) is 20.3 Å². The predicted octanol–water partition coefficient (Wildman–Crippen LogP) is -0.0576. The van der Waals surface area contributed by atoms with Gasteiger partial charge in [-0.05, 0) is 0 Å². The second kappa shape index (κ2) is 4.98. The molecule has 6 nitrogen and oxygen atoms in total. The van der Waals surface area contributed by atoms with Crippen LogP contribution in [0.4, 0.5) is 0 Å². The molecule has 0 spiro atoms. The predicted molar refractivity (Wildman–Crippen MR) is 54.2 cm³/mol. The minimum Gasteiger partial charge on any atom is -0.445 e. The molecule has 1 heterocycles. The highest BCUT2D eigenvalue weighted by Crippen LogP contribution is 2.25. The largest absolute Gasteiger partial charge is 0.445 e. The van der Waals surface area contributed by atoms with Gasteiger partial charge < -0.3 is 19.5 Å². The summed E-state index contributed by atoms with van der Waals surface area (Å²) in [6, 6.07) is 0. The SMILES string of the molecule is COCCNC(=O)/C=C1\OC(C)(C)OC1=O. The summed E-state index contributed by atoms with van der Waals surface area (Å²) in [5, 5.41) is 2.53. The molecule has 0 radical (unpaired) electrons. The number of carbonyl (C=O) groups is 2. The van der Waals surface area contributed by atoms with Crippen LogP contribution in [0.1, 0.15) is 13.8 Å². The number of hydrogen-bond acceptors (Lipinski definition) is 5. The van der Waals surface area contributed by atoms with Gasteiger partial charge in [0.1, 0.15) is 0 Å². The zero-order valence-corrected chi connectivity index (χ0v) is 9.53. The summed E-state index contributed by atoms with van der Waals surface area (Å²) >= 11 is 0. The molecule has 1 fully saturated rings. The molecular weight excluding hydrogens is 214 g/mol. The van der Waals surface area contributed by atoms with Crippen LogP contribution >= 0.6 is 0 Å². The van der Waals surface area contributed by atoms with Gasteiger partial charge in [0.15, 0.2) is 0 Å². The molecule has 0 aliphatic carbocycles. The summed E-state index contributed by atoms with van der Waals surface area (Å²) in [6.07, 6.45) is 1.08. The molecule has 1 N–H and O–H groups in total. The molecule has 1 aliphatic rings. The Hall–Kier alpha value is -1.56. The third kappa shape index (κ3) is 3.54. The number of ether oxygens (including phenoxy) is 3. The molecule has 90 valence electrons. The van der Waals surface area contributed by atoms with Crippen molar-refractivity contribution in [2.45, 2.75) is 19.6 Å². The highest BCUT2D eigenvalue weighted by Gasteiger charge is 2.37. The van der Waals surface area contributed by atoms with Crippen molar-refractivity contribution in [3.05, 3.63) is 11.8 Å². The Morgan fingerprint density at radius 1 is 1.50 bits per heavy atom. The van der Waals surface area contributed by atoms with Crippen molar-refractivity contribution >= 4 is 11.9 Å². The van der Waals surface area contributed by atoms with E-state index in [2.05, 4.69) is 5.32 Å². The van der Waals surface area contributed by atoms with E-state index in [1.807, 2.05) is 0 Å². The van der Waals surface area contributed by atoms with E-state index in [1.54, 1.807) is 13.8 Å². The number of hydrogen-bond donors (Lipinski definition) is 1. The van der Waals surface area contributed by atoms with Gasteiger partial charge in [-0.1, -0.05) is 0 Å². The third-order valence-electron chi connectivity index (χ3n) is 1.76. The fourth-order valence-electron chi connectivity index (χ4n) is 1.14. The van der Waals surface area contributed by atoms with E-state index in [0.29, 0.717) is 13.2 Å². The molecule has 1 amide bonds. The molecule has 0 bridgehead atoms. The second-order valence-electron chi connectivity index (χ2n) is 3.68. The van der Waals surface area contributed by atoms with Crippen LogP contribution in [-0.2, 0) is 23.8 Å². The Kier molecular flexibility index (Phi) is 3.89. The quantitative estimate of drug-likeness (QED) is 0.415. The molecule has 0 aromatic carbocycles. The van der Waals surface area contributed by atoms with E-state index in [0.717, 1.165) is 6.08 Å². The van der Waals surface area contributed by atoms with Gasteiger partial charge in [-0.3, -0.25) is 4.79 Å². The van der Waals surface area contributed by atoms with Crippen LogP contribution in [0.15, 0.2) is 11.8 Å². The Morgan fingerprint density at radius 3 is 2.69 bits per heavy atom. The van der Waals surface area contributed by atoms with E-state index in [9.17, 15) is 9.59 Å². The monoisotopic (exact) mass is 229 g/mol. The van der Waals surface area contributed by atoms with Gasteiger partial charge in [0, 0.05) is 27.5 Å². The summed E-state index contributed by atoms with van der Waals surface area (Å²) in [6.45, 7) is 3.96.